The molecule has 0 aliphatic rings. The minimum atomic E-state index is -4.48. The van der Waals surface area contributed by atoms with E-state index in [1.165, 1.54) is 6.92 Å². The highest BCUT2D eigenvalue weighted by atomic mass is 19.4. The molecule has 0 aliphatic carbocycles. The van der Waals surface area contributed by atoms with Gasteiger partial charge in [-0.25, -0.2) is 9.97 Å². The number of aryl methyl sites for hydroxylation is 2. The van der Waals surface area contributed by atoms with Gasteiger partial charge in [-0.2, -0.15) is 18.3 Å². The largest absolute Gasteiger partial charge is 0.433 e. The molecule has 0 aromatic carbocycles. The summed E-state index contributed by atoms with van der Waals surface area (Å²) >= 11 is 0. The molecule has 0 bridgehead atoms. The highest BCUT2D eigenvalue weighted by Crippen LogP contribution is 2.28. The van der Waals surface area contributed by atoms with Crippen LogP contribution in [0.2, 0.25) is 0 Å². The highest BCUT2D eigenvalue weighted by molar-refractivity contribution is 5.31. The number of nitrogens with zero attached hydrogens (tertiary/aromatic N) is 4. The minimum absolute atomic E-state index is 0.0411. The second kappa shape index (κ2) is 5.10. The summed E-state index contributed by atoms with van der Waals surface area (Å²) in [6.45, 7) is 3.69. The molecular weight excluding hydrogens is 271 g/mol. The van der Waals surface area contributed by atoms with Crippen molar-refractivity contribution in [3.8, 4) is 0 Å². The highest BCUT2D eigenvalue weighted by Gasteiger charge is 2.33. The summed E-state index contributed by atoms with van der Waals surface area (Å²) in [7, 11) is 1.80. The first-order valence-corrected chi connectivity index (χ1v) is 5.91. The molecule has 2 heterocycles. The zero-order chi connectivity index (χ0) is 14.9. The molecule has 0 unspecified atom stereocenters. The van der Waals surface area contributed by atoms with Crippen molar-refractivity contribution in [1.82, 2.24) is 19.7 Å². The van der Waals surface area contributed by atoms with E-state index in [2.05, 4.69) is 20.4 Å². The summed E-state index contributed by atoms with van der Waals surface area (Å²) in [4.78, 5) is 7.43. The molecule has 5 nitrogen and oxygen atoms in total. The van der Waals surface area contributed by atoms with Crippen molar-refractivity contribution in [2.24, 2.45) is 7.05 Å². The quantitative estimate of drug-likeness (QED) is 0.941. The summed E-state index contributed by atoms with van der Waals surface area (Å²) in [5, 5.41) is 6.85. The lowest BCUT2D eigenvalue weighted by atomic mass is 10.2. The molecule has 0 radical (unpaired) electrons. The van der Waals surface area contributed by atoms with Gasteiger partial charge in [0.15, 0.2) is 0 Å². The number of nitrogens with one attached hydrogen (secondary N) is 1. The van der Waals surface area contributed by atoms with Gasteiger partial charge in [0.05, 0.1) is 6.20 Å². The number of halogens is 3. The maximum atomic E-state index is 12.6. The molecule has 8 heteroatoms. The Morgan fingerprint density at radius 2 is 1.95 bits per heavy atom. The molecule has 0 saturated heterocycles. The maximum Gasteiger partial charge on any atom is 0.433 e. The SMILES string of the molecule is Cc1cc(C(F)(F)F)nc(NCc2cnn(C)c2C)n1. The summed E-state index contributed by atoms with van der Waals surface area (Å²) in [5.41, 5.74) is 1.13. The van der Waals surface area contributed by atoms with Gasteiger partial charge >= 0.3 is 6.18 Å². The van der Waals surface area contributed by atoms with Gasteiger partial charge in [0.25, 0.3) is 0 Å². The third-order valence-corrected chi connectivity index (χ3v) is 2.92. The van der Waals surface area contributed by atoms with Crippen LogP contribution in [0.3, 0.4) is 0 Å². The Kier molecular flexibility index (Phi) is 3.65. The van der Waals surface area contributed by atoms with Gasteiger partial charge in [-0.05, 0) is 19.9 Å². The van der Waals surface area contributed by atoms with Gasteiger partial charge in [-0.15, -0.1) is 0 Å². The van der Waals surface area contributed by atoms with Crippen molar-refractivity contribution in [1.29, 1.82) is 0 Å². The molecule has 108 valence electrons. The standard InChI is InChI=1S/C12H14F3N5/c1-7-4-10(12(13,14)15)19-11(18-7)16-5-9-6-17-20(3)8(9)2/h4,6H,5H2,1-3H3,(H,16,18,19). The lowest BCUT2D eigenvalue weighted by Gasteiger charge is -2.10. The van der Waals surface area contributed by atoms with Gasteiger partial charge in [0, 0.05) is 30.5 Å². The topological polar surface area (TPSA) is 55.6 Å². The second-order valence-electron chi connectivity index (χ2n) is 4.45. The van der Waals surface area contributed by atoms with E-state index in [0.29, 0.717) is 6.54 Å². The first kappa shape index (κ1) is 14.3. The molecule has 2 rings (SSSR count). The fourth-order valence-corrected chi connectivity index (χ4v) is 1.68. The number of aromatic nitrogens is 4. The molecule has 2 aromatic rings. The van der Waals surface area contributed by atoms with Crippen molar-refractivity contribution in [3.05, 3.63) is 34.9 Å². The molecule has 0 atom stereocenters. The van der Waals surface area contributed by atoms with E-state index >= 15 is 0 Å². The van der Waals surface area contributed by atoms with Gasteiger partial charge in [0.2, 0.25) is 5.95 Å². The fraction of sp³-hybridized carbons (Fsp3) is 0.417. The predicted molar refractivity (Wildman–Crippen MR) is 67.0 cm³/mol. The Hall–Kier alpha value is -2.12. The maximum absolute atomic E-state index is 12.6. The Labute approximate surface area is 113 Å². The van der Waals surface area contributed by atoms with Crippen molar-refractivity contribution in [3.63, 3.8) is 0 Å². The van der Waals surface area contributed by atoms with Gasteiger partial charge < -0.3 is 5.32 Å². The first-order valence-electron chi connectivity index (χ1n) is 5.91. The van der Waals surface area contributed by atoms with E-state index < -0.39 is 11.9 Å². The Bertz CT molecular complexity index is 618. The van der Waals surface area contributed by atoms with Crippen LogP contribution in [0.4, 0.5) is 19.1 Å². The number of hydrogen-bond donors (Lipinski definition) is 1. The van der Waals surface area contributed by atoms with Crippen LogP contribution in [0.25, 0.3) is 0 Å². The number of anilines is 1. The summed E-state index contributed by atoms with van der Waals surface area (Å²) in [6, 6.07) is 0.917. The minimum Gasteiger partial charge on any atom is -0.350 e. The third kappa shape index (κ3) is 3.06. The molecule has 0 aliphatic heterocycles. The van der Waals surface area contributed by atoms with Gasteiger partial charge in [0.1, 0.15) is 5.69 Å². The summed E-state index contributed by atoms with van der Waals surface area (Å²) in [6.07, 6.45) is -2.82. The van der Waals surface area contributed by atoms with E-state index in [1.54, 1.807) is 17.9 Å². The van der Waals surface area contributed by atoms with E-state index in [-0.39, 0.29) is 11.6 Å². The van der Waals surface area contributed by atoms with Crippen molar-refractivity contribution >= 4 is 5.95 Å². The van der Waals surface area contributed by atoms with E-state index in [9.17, 15) is 13.2 Å². The van der Waals surface area contributed by atoms with Gasteiger partial charge in [-0.3, -0.25) is 4.68 Å². The number of rotatable bonds is 3. The summed E-state index contributed by atoms with van der Waals surface area (Å²) in [5.74, 6) is -0.0411. The summed E-state index contributed by atoms with van der Waals surface area (Å²) < 4.78 is 39.6. The van der Waals surface area contributed by atoms with Gasteiger partial charge in [-0.1, -0.05) is 0 Å². The lowest BCUT2D eigenvalue weighted by Crippen LogP contribution is -2.13. The smallest absolute Gasteiger partial charge is 0.350 e. The lowest BCUT2D eigenvalue weighted by molar-refractivity contribution is -0.141. The predicted octanol–water partition coefficient (Wildman–Crippen LogP) is 2.46. The molecule has 0 saturated carbocycles. The normalized spacial score (nSPS) is 11.7. The Balaban J connectivity index is 2.18. The Morgan fingerprint density at radius 1 is 1.25 bits per heavy atom. The van der Waals surface area contributed by atoms with Crippen LogP contribution < -0.4 is 5.32 Å². The van der Waals surface area contributed by atoms with Crippen molar-refractivity contribution in [2.45, 2.75) is 26.6 Å². The molecule has 0 amide bonds. The molecule has 2 aromatic heterocycles. The van der Waals surface area contributed by atoms with Crippen LogP contribution in [-0.2, 0) is 19.8 Å². The van der Waals surface area contributed by atoms with Crippen LogP contribution in [0.15, 0.2) is 12.3 Å². The number of alkyl halides is 3. The van der Waals surface area contributed by atoms with Crippen molar-refractivity contribution < 1.29 is 13.2 Å². The third-order valence-electron chi connectivity index (χ3n) is 2.92. The van der Waals surface area contributed by atoms with E-state index in [4.69, 9.17) is 0 Å². The average molecular weight is 285 g/mol. The first-order chi connectivity index (χ1) is 9.27. The molecule has 20 heavy (non-hydrogen) atoms. The van der Waals surface area contributed by atoms with Crippen LogP contribution >= 0.6 is 0 Å². The average Bonchev–Trinajstić information content (AvgIpc) is 2.66. The van der Waals surface area contributed by atoms with E-state index in [1.807, 2.05) is 6.92 Å². The molecule has 0 fully saturated rings. The fourth-order valence-electron chi connectivity index (χ4n) is 1.68. The number of hydrogen-bond acceptors (Lipinski definition) is 4. The van der Waals surface area contributed by atoms with Crippen LogP contribution in [0.5, 0.6) is 0 Å². The zero-order valence-electron chi connectivity index (χ0n) is 11.3. The van der Waals surface area contributed by atoms with Crippen LogP contribution in [0, 0.1) is 13.8 Å². The van der Waals surface area contributed by atoms with Crippen molar-refractivity contribution in [2.75, 3.05) is 5.32 Å². The van der Waals surface area contributed by atoms with E-state index in [0.717, 1.165) is 17.3 Å². The monoisotopic (exact) mass is 285 g/mol. The Morgan fingerprint density at radius 3 is 2.50 bits per heavy atom. The second-order valence-corrected chi connectivity index (χ2v) is 4.45. The van der Waals surface area contributed by atoms with Crippen LogP contribution in [-0.4, -0.2) is 19.7 Å². The molecule has 0 spiro atoms. The van der Waals surface area contributed by atoms with Crippen LogP contribution in [0.1, 0.15) is 22.6 Å². The molecular formula is C12H14F3N5. The zero-order valence-corrected chi connectivity index (χ0v) is 11.3. The molecule has 1 N–H and O–H groups in total.